The first-order valence-electron chi connectivity index (χ1n) is 4.33. The van der Waals surface area contributed by atoms with Gasteiger partial charge in [0.25, 0.3) is 0 Å². The van der Waals surface area contributed by atoms with Crippen LogP contribution in [0.2, 0.25) is 0 Å². The molecular formula is C11H10F3N. The molecule has 1 rings (SSSR count). The Morgan fingerprint density at radius 1 is 1.33 bits per heavy atom. The van der Waals surface area contributed by atoms with Crippen LogP contribution in [0.25, 0.3) is 0 Å². The van der Waals surface area contributed by atoms with Crippen LogP contribution in [0.1, 0.15) is 17.0 Å². The largest absolute Gasteiger partial charge is 0.396 e. The zero-order valence-electron chi connectivity index (χ0n) is 7.88. The number of benzene rings is 1. The molecule has 4 heteroatoms. The summed E-state index contributed by atoms with van der Waals surface area (Å²) in [4.78, 5) is 0. The predicted octanol–water partition coefficient (Wildman–Crippen LogP) is 2.27. The third-order valence-electron chi connectivity index (χ3n) is 2.12. The number of terminal acetylenes is 1. The highest BCUT2D eigenvalue weighted by atomic mass is 19.4. The van der Waals surface area contributed by atoms with Gasteiger partial charge in [-0.1, -0.05) is 24.1 Å². The number of alkyl halides is 3. The second kappa shape index (κ2) is 4.37. The Morgan fingerprint density at radius 2 is 1.93 bits per heavy atom. The van der Waals surface area contributed by atoms with Crippen molar-refractivity contribution in [3.05, 3.63) is 35.4 Å². The summed E-state index contributed by atoms with van der Waals surface area (Å²) in [6.07, 6.45) is 0.769. The van der Waals surface area contributed by atoms with Crippen molar-refractivity contribution in [2.75, 3.05) is 6.54 Å². The Morgan fingerprint density at radius 3 is 2.40 bits per heavy atom. The van der Waals surface area contributed by atoms with Crippen LogP contribution in [0.5, 0.6) is 0 Å². The molecule has 1 nitrogen and oxygen atoms in total. The second-order valence-corrected chi connectivity index (χ2v) is 3.06. The van der Waals surface area contributed by atoms with Crippen molar-refractivity contribution in [3.8, 4) is 12.3 Å². The van der Waals surface area contributed by atoms with Crippen LogP contribution in [0, 0.1) is 12.3 Å². The highest BCUT2D eigenvalue weighted by Gasteiger charge is 2.40. The lowest BCUT2D eigenvalue weighted by Crippen LogP contribution is -2.28. The third kappa shape index (κ3) is 2.51. The molecule has 0 heterocycles. The van der Waals surface area contributed by atoms with E-state index in [9.17, 15) is 13.2 Å². The molecule has 1 aromatic rings. The highest BCUT2D eigenvalue weighted by molar-refractivity contribution is 5.42. The maximum atomic E-state index is 12.6. The van der Waals surface area contributed by atoms with Crippen molar-refractivity contribution >= 4 is 0 Å². The molecule has 1 atom stereocenters. The van der Waals surface area contributed by atoms with Crippen LogP contribution in [0.4, 0.5) is 13.2 Å². The van der Waals surface area contributed by atoms with E-state index in [0.29, 0.717) is 0 Å². The van der Waals surface area contributed by atoms with E-state index in [-0.39, 0.29) is 11.1 Å². The molecule has 2 N–H and O–H groups in total. The monoisotopic (exact) mass is 213 g/mol. The van der Waals surface area contributed by atoms with Gasteiger partial charge in [0.15, 0.2) is 0 Å². The van der Waals surface area contributed by atoms with Gasteiger partial charge in [-0.2, -0.15) is 13.2 Å². The molecule has 1 aromatic carbocycles. The topological polar surface area (TPSA) is 26.0 Å². The molecule has 0 aliphatic rings. The van der Waals surface area contributed by atoms with Gasteiger partial charge in [0.1, 0.15) is 0 Å². The Kier molecular flexibility index (Phi) is 3.38. The molecule has 0 fully saturated rings. The van der Waals surface area contributed by atoms with E-state index >= 15 is 0 Å². The zero-order chi connectivity index (χ0) is 11.5. The Balaban J connectivity index is 3.19. The van der Waals surface area contributed by atoms with E-state index in [1.54, 1.807) is 6.07 Å². The average molecular weight is 213 g/mol. The lowest BCUT2D eigenvalue weighted by molar-refractivity contribution is -0.148. The number of halogens is 3. The highest BCUT2D eigenvalue weighted by Crippen LogP contribution is 2.35. The summed E-state index contributed by atoms with van der Waals surface area (Å²) in [7, 11) is 0. The number of nitrogens with two attached hydrogens (primary N) is 1. The first-order valence-corrected chi connectivity index (χ1v) is 4.33. The van der Waals surface area contributed by atoms with Gasteiger partial charge in [0.2, 0.25) is 0 Å². The quantitative estimate of drug-likeness (QED) is 0.749. The minimum absolute atomic E-state index is 0.0648. The van der Waals surface area contributed by atoms with E-state index in [4.69, 9.17) is 12.2 Å². The lowest BCUT2D eigenvalue weighted by atomic mass is 9.94. The van der Waals surface area contributed by atoms with Gasteiger partial charge in [0.05, 0.1) is 5.92 Å². The van der Waals surface area contributed by atoms with Gasteiger partial charge in [-0.3, -0.25) is 0 Å². The lowest BCUT2D eigenvalue weighted by Gasteiger charge is -2.19. The maximum Gasteiger partial charge on any atom is 0.396 e. The molecule has 0 amide bonds. The molecule has 0 aliphatic carbocycles. The molecule has 0 bridgehead atoms. The molecule has 80 valence electrons. The van der Waals surface area contributed by atoms with E-state index in [0.717, 1.165) is 0 Å². The molecule has 0 saturated carbocycles. The molecular weight excluding hydrogens is 203 g/mol. The summed E-state index contributed by atoms with van der Waals surface area (Å²) < 4.78 is 37.7. The molecule has 0 radical (unpaired) electrons. The first-order chi connectivity index (χ1) is 7.00. The molecule has 0 aliphatic heterocycles. The fraction of sp³-hybridized carbons (Fsp3) is 0.273. The molecule has 15 heavy (non-hydrogen) atoms. The minimum atomic E-state index is -4.36. The molecule has 0 spiro atoms. The van der Waals surface area contributed by atoms with Crippen molar-refractivity contribution in [2.45, 2.75) is 12.1 Å². The first kappa shape index (κ1) is 11.6. The van der Waals surface area contributed by atoms with Gasteiger partial charge >= 0.3 is 6.18 Å². The van der Waals surface area contributed by atoms with Gasteiger partial charge in [-0.15, -0.1) is 6.42 Å². The minimum Gasteiger partial charge on any atom is -0.330 e. The Bertz CT molecular complexity index is 376. The van der Waals surface area contributed by atoms with Crippen LogP contribution in [0.15, 0.2) is 24.3 Å². The van der Waals surface area contributed by atoms with Gasteiger partial charge in [-0.25, -0.2) is 0 Å². The van der Waals surface area contributed by atoms with Crippen LogP contribution in [0.3, 0.4) is 0 Å². The average Bonchev–Trinajstić information content (AvgIpc) is 2.17. The number of hydrogen-bond donors (Lipinski definition) is 1. The maximum absolute atomic E-state index is 12.6. The van der Waals surface area contributed by atoms with Crippen LogP contribution in [-0.4, -0.2) is 12.7 Å². The summed E-state index contributed by atoms with van der Waals surface area (Å²) in [5.41, 5.74) is 5.43. The summed E-state index contributed by atoms with van der Waals surface area (Å²) in [5, 5.41) is 0. The number of hydrogen-bond acceptors (Lipinski definition) is 1. The van der Waals surface area contributed by atoms with Crippen LogP contribution < -0.4 is 5.73 Å². The summed E-state index contributed by atoms with van der Waals surface area (Å²) in [6.45, 7) is -0.498. The SMILES string of the molecule is C#Cc1ccccc1C(CN)C(F)(F)F. The van der Waals surface area contributed by atoms with Crippen LogP contribution >= 0.6 is 0 Å². The van der Waals surface area contributed by atoms with Crippen molar-refractivity contribution in [1.29, 1.82) is 0 Å². The van der Waals surface area contributed by atoms with Gasteiger partial charge in [-0.05, 0) is 11.6 Å². The zero-order valence-corrected chi connectivity index (χ0v) is 7.88. The van der Waals surface area contributed by atoms with E-state index in [2.05, 4.69) is 5.92 Å². The van der Waals surface area contributed by atoms with E-state index in [1.165, 1.54) is 18.2 Å². The summed E-state index contributed by atoms with van der Waals surface area (Å²) >= 11 is 0. The van der Waals surface area contributed by atoms with Crippen molar-refractivity contribution in [3.63, 3.8) is 0 Å². The van der Waals surface area contributed by atoms with Crippen molar-refractivity contribution < 1.29 is 13.2 Å². The molecule has 0 saturated heterocycles. The van der Waals surface area contributed by atoms with Crippen molar-refractivity contribution in [1.82, 2.24) is 0 Å². The Hall–Kier alpha value is -1.47. The fourth-order valence-corrected chi connectivity index (χ4v) is 1.37. The smallest absolute Gasteiger partial charge is 0.330 e. The fourth-order valence-electron chi connectivity index (χ4n) is 1.37. The van der Waals surface area contributed by atoms with Gasteiger partial charge in [0, 0.05) is 12.1 Å². The van der Waals surface area contributed by atoms with E-state index < -0.39 is 18.6 Å². The summed E-state index contributed by atoms with van der Waals surface area (Å²) in [5.74, 6) is 0.537. The van der Waals surface area contributed by atoms with E-state index in [1.807, 2.05) is 0 Å². The van der Waals surface area contributed by atoms with Crippen LogP contribution in [-0.2, 0) is 0 Å². The second-order valence-electron chi connectivity index (χ2n) is 3.06. The number of rotatable bonds is 2. The summed E-state index contributed by atoms with van der Waals surface area (Å²) in [6, 6.07) is 5.96. The predicted molar refractivity (Wildman–Crippen MR) is 52.2 cm³/mol. The standard InChI is InChI=1S/C11H10F3N/c1-2-8-5-3-4-6-9(8)10(7-15)11(12,13)14/h1,3-6,10H,7,15H2. The normalized spacial score (nSPS) is 13.3. The molecule has 0 aromatic heterocycles. The third-order valence-corrected chi connectivity index (χ3v) is 2.12. The molecule has 1 unspecified atom stereocenters. The Labute approximate surface area is 86.1 Å². The van der Waals surface area contributed by atoms with Gasteiger partial charge < -0.3 is 5.73 Å². The van der Waals surface area contributed by atoms with Crippen molar-refractivity contribution in [2.24, 2.45) is 5.73 Å².